The van der Waals surface area contributed by atoms with Crippen LogP contribution in [0.2, 0.25) is 0 Å². The molecule has 0 unspecified atom stereocenters. The number of nitrogens with zero attached hydrogens (tertiary/aromatic N) is 2. The highest BCUT2D eigenvalue weighted by Crippen LogP contribution is 2.45. The molecule has 0 amide bonds. The third-order valence-electron chi connectivity index (χ3n) is 14.8. The number of rotatable bonds is 9. The van der Waals surface area contributed by atoms with Crippen LogP contribution >= 0.6 is 0 Å². The van der Waals surface area contributed by atoms with Crippen molar-refractivity contribution >= 4 is 0 Å². The Morgan fingerprint density at radius 3 is 0.818 bits per heavy atom. The molecule has 44 heavy (non-hydrogen) atoms. The molecule has 6 fully saturated rings. The molecule has 0 spiro atoms. The minimum atomic E-state index is 0.406. The van der Waals surface area contributed by atoms with Crippen LogP contribution in [-0.2, 0) is 0 Å². The van der Waals surface area contributed by atoms with Crippen molar-refractivity contribution in [1.82, 2.24) is 9.80 Å². The molecule has 0 heterocycles. The largest absolute Gasteiger partial charge is 0.396 e. The molecule has 0 aromatic carbocycles. The third-order valence-corrected chi connectivity index (χ3v) is 14.8. The number of aliphatic hydroxyl groups excluding tert-OH is 2. The van der Waals surface area contributed by atoms with Crippen molar-refractivity contribution in [2.45, 2.75) is 204 Å². The predicted molar refractivity (Wildman–Crippen MR) is 184 cm³/mol. The molecule has 254 valence electrons. The average molecular weight is 613 g/mol. The first kappa shape index (κ1) is 33.7. The molecule has 6 aliphatic carbocycles. The Morgan fingerprint density at radius 2 is 0.568 bits per heavy atom. The lowest BCUT2D eigenvalue weighted by Crippen LogP contribution is -2.53. The zero-order valence-electron chi connectivity index (χ0n) is 29.1. The van der Waals surface area contributed by atoms with E-state index in [1.54, 1.807) is 0 Å². The zero-order valence-corrected chi connectivity index (χ0v) is 29.1. The first-order valence-electron chi connectivity index (χ1n) is 20.3. The van der Waals surface area contributed by atoms with E-state index in [2.05, 4.69) is 23.6 Å². The Labute approximate surface area is 272 Å². The van der Waals surface area contributed by atoms with Crippen LogP contribution in [0.15, 0.2) is 0 Å². The Morgan fingerprint density at radius 1 is 0.341 bits per heavy atom. The summed E-state index contributed by atoms with van der Waals surface area (Å²) in [7, 11) is 0. The van der Waals surface area contributed by atoms with Gasteiger partial charge in [-0.3, -0.25) is 9.80 Å². The summed E-state index contributed by atoms with van der Waals surface area (Å²) in [5.74, 6) is 4.95. The van der Waals surface area contributed by atoms with E-state index in [4.69, 9.17) is 0 Å². The SMILES string of the molecule is CC1CCC(N(C2CCC(CO)CC2)C2CCC(C3CCC(N(C4CCC(C)CC4)C4CCC(CO)CC4)CC3)CC2)CC1. The molecule has 0 aromatic rings. The average Bonchev–Trinajstić information content (AvgIpc) is 3.08. The maximum Gasteiger partial charge on any atom is 0.0459 e. The molecule has 0 aliphatic heterocycles. The summed E-state index contributed by atoms with van der Waals surface area (Å²) in [6.07, 6.45) is 33.6. The Balaban J connectivity index is 1.03. The molecule has 0 radical (unpaired) electrons. The van der Waals surface area contributed by atoms with E-state index < -0.39 is 0 Å². The quantitative estimate of drug-likeness (QED) is 0.273. The van der Waals surface area contributed by atoms with Gasteiger partial charge < -0.3 is 10.2 Å². The van der Waals surface area contributed by atoms with Gasteiger partial charge in [0.15, 0.2) is 0 Å². The van der Waals surface area contributed by atoms with Crippen LogP contribution in [0.1, 0.15) is 168 Å². The summed E-state index contributed by atoms with van der Waals surface area (Å²) < 4.78 is 0. The molecule has 0 atom stereocenters. The maximum absolute atomic E-state index is 9.78. The second-order valence-electron chi connectivity index (χ2n) is 17.6. The van der Waals surface area contributed by atoms with Crippen LogP contribution in [0.3, 0.4) is 0 Å². The van der Waals surface area contributed by atoms with Gasteiger partial charge in [-0.1, -0.05) is 13.8 Å². The van der Waals surface area contributed by atoms with Crippen molar-refractivity contribution in [1.29, 1.82) is 0 Å². The Bertz CT molecular complexity index is 735. The van der Waals surface area contributed by atoms with Crippen molar-refractivity contribution < 1.29 is 10.2 Å². The fourth-order valence-electron chi connectivity index (χ4n) is 11.9. The molecule has 4 heteroatoms. The maximum atomic E-state index is 9.78. The van der Waals surface area contributed by atoms with Crippen molar-refractivity contribution in [2.75, 3.05) is 13.2 Å². The van der Waals surface area contributed by atoms with Gasteiger partial charge >= 0.3 is 0 Å². The lowest BCUT2D eigenvalue weighted by Gasteiger charge is -2.51. The summed E-state index contributed by atoms with van der Waals surface area (Å²) in [4.78, 5) is 6.25. The monoisotopic (exact) mass is 613 g/mol. The van der Waals surface area contributed by atoms with Crippen LogP contribution in [0.5, 0.6) is 0 Å². The van der Waals surface area contributed by atoms with E-state index in [0.717, 1.165) is 59.9 Å². The highest BCUT2D eigenvalue weighted by molar-refractivity contribution is 4.96. The van der Waals surface area contributed by atoms with E-state index >= 15 is 0 Å². The lowest BCUT2D eigenvalue weighted by atomic mass is 9.70. The van der Waals surface area contributed by atoms with Crippen LogP contribution in [-0.4, -0.2) is 69.5 Å². The van der Waals surface area contributed by atoms with E-state index in [-0.39, 0.29) is 0 Å². The summed E-state index contributed by atoms with van der Waals surface area (Å²) in [5, 5.41) is 19.6. The second-order valence-corrected chi connectivity index (χ2v) is 17.6. The first-order valence-corrected chi connectivity index (χ1v) is 20.3. The van der Waals surface area contributed by atoms with Gasteiger partial charge in [-0.2, -0.15) is 0 Å². The lowest BCUT2D eigenvalue weighted by molar-refractivity contribution is -0.0155. The van der Waals surface area contributed by atoms with E-state index in [1.807, 2.05) is 0 Å². The molecule has 6 saturated carbocycles. The number of aliphatic hydroxyl groups is 2. The summed E-state index contributed by atoms with van der Waals surface area (Å²) >= 11 is 0. The molecule has 4 nitrogen and oxygen atoms in total. The molecule has 6 rings (SSSR count). The van der Waals surface area contributed by atoms with Crippen molar-refractivity contribution in [3.63, 3.8) is 0 Å². The van der Waals surface area contributed by atoms with E-state index in [1.165, 1.54) is 154 Å². The predicted octanol–water partition coefficient (Wildman–Crippen LogP) is 8.97. The summed E-state index contributed by atoms with van der Waals surface area (Å²) in [6, 6.07) is 4.90. The minimum absolute atomic E-state index is 0.406. The Hall–Kier alpha value is -0.160. The molecule has 0 aromatic heterocycles. The minimum Gasteiger partial charge on any atom is -0.396 e. The van der Waals surface area contributed by atoms with Gasteiger partial charge in [-0.25, -0.2) is 0 Å². The topological polar surface area (TPSA) is 46.9 Å². The highest BCUT2D eigenvalue weighted by atomic mass is 16.3. The van der Waals surface area contributed by atoms with Crippen molar-refractivity contribution in [3.05, 3.63) is 0 Å². The second kappa shape index (κ2) is 16.3. The Kier molecular flexibility index (Phi) is 12.5. The fourth-order valence-corrected chi connectivity index (χ4v) is 11.9. The van der Waals surface area contributed by atoms with E-state index in [0.29, 0.717) is 25.0 Å². The van der Waals surface area contributed by atoms with Crippen LogP contribution in [0, 0.1) is 35.5 Å². The molecular formula is C40H72N2O2. The summed E-state index contributed by atoms with van der Waals surface area (Å²) in [5.41, 5.74) is 0. The molecule has 2 N–H and O–H groups in total. The standard InChI is InChI=1S/C40H72N2O2/c1-29-3-15-35(16-4-29)41(37-19-7-31(27-43)8-20-37)39-23-11-33(12-24-39)34-13-25-40(26-14-34)42(36-17-5-30(2)6-18-36)38-21-9-32(28-44)10-22-38/h29-40,43-44H,3-28H2,1-2H3. The fraction of sp³-hybridized carbons (Fsp3) is 1.00. The van der Waals surface area contributed by atoms with Gasteiger partial charge in [0.25, 0.3) is 0 Å². The smallest absolute Gasteiger partial charge is 0.0459 e. The molecule has 0 bridgehead atoms. The normalized spacial score (nSPS) is 44.6. The molecule has 6 aliphatic rings. The van der Waals surface area contributed by atoms with Gasteiger partial charge in [0.1, 0.15) is 0 Å². The first-order chi connectivity index (χ1) is 21.5. The van der Waals surface area contributed by atoms with Gasteiger partial charge in [-0.15, -0.1) is 0 Å². The number of hydrogen-bond donors (Lipinski definition) is 2. The van der Waals surface area contributed by atoms with Crippen molar-refractivity contribution in [3.8, 4) is 0 Å². The number of hydrogen-bond acceptors (Lipinski definition) is 4. The molecule has 0 saturated heterocycles. The van der Waals surface area contributed by atoms with Gasteiger partial charge in [0, 0.05) is 49.5 Å². The molecular weight excluding hydrogens is 540 g/mol. The zero-order chi connectivity index (χ0) is 30.5. The van der Waals surface area contributed by atoms with Gasteiger partial charge in [-0.05, 0) is 190 Å². The van der Waals surface area contributed by atoms with Gasteiger partial charge in [0.05, 0.1) is 0 Å². The van der Waals surface area contributed by atoms with Crippen LogP contribution in [0.4, 0.5) is 0 Å². The van der Waals surface area contributed by atoms with E-state index in [9.17, 15) is 10.2 Å². The van der Waals surface area contributed by atoms with Crippen LogP contribution < -0.4 is 0 Å². The highest BCUT2D eigenvalue weighted by Gasteiger charge is 2.41. The van der Waals surface area contributed by atoms with Crippen LogP contribution in [0.25, 0.3) is 0 Å². The summed E-state index contributed by atoms with van der Waals surface area (Å²) in [6.45, 7) is 5.76. The van der Waals surface area contributed by atoms with Crippen molar-refractivity contribution in [2.24, 2.45) is 35.5 Å². The third kappa shape index (κ3) is 8.27. The van der Waals surface area contributed by atoms with Gasteiger partial charge in [0.2, 0.25) is 0 Å².